The monoisotopic (exact) mass is 239 g/mol. The third kappa shape index (κ3) is 3.21. The highest BCUT2D eigenvalue weighted by Gasteiger charge is 2.23. The van der Waals surface area contributed by atoms with Gasteiger partial charge in [-0.15, -0.1) is 0 Å². The maximum atomic E-state index is 9.64. The first-order chi connectivity index (χ1) is 7.75. The number of aliphatic hydroxyl groups is 1. The highest BCUT2D eigenvalue weighted by atomic mass is 35.5. The van der Waals surface area contributed by atoms with Crippen LogP contribution in [0.15, 0.2) is 24.3 Å². The molecule has 2 N–H and O–H groups in total. The van der Waals surface area contributed by atoms with Gasteiger partial charge in [-0.2, -0.15) is 0 Å². The molecule has 2 atom stereocenters. The molecular formula is C13H18ClNO. The quantitative estimate of drug-likeness (QED) is 0.846. The van der Waals surface area contributed by atoms with Crippen LogP contribution in [-0.4, -0.2) is 23.8 Å². The molecule has 0 bridgehead atoms. The predicted octanol–water partition coefficient (Wildman–Crippen LogP) is 2.39. The largest absolute Gasteiger partial charge is 0.392 e. The van der Waals surface area contributed by atoms with Crippen LogP contribution in [0.2, 0.25) is 5.02 Å². The highest BCUT2D eigenvalue weighted by molar-refractivity contribution is 6.30. The van der Waals surface area contributed by atoms with Crippen molar-refractivity contribution in [2.75, 3.05) is 6.54 Å². The minimum Gasteiger partial charge on any atom is -0.392 e. The van der Waals surface area contributed by atoms with Gasteiger partial charge in [-0.3, -0.25) is 0 Å². The summed E-state index contributed by atoms with van der Waals surface area (Å²) >= 11 is 5.82. The Kier molecular flexibility index (Phi) is 4.22. The predicted molar refractivity (Wildman–Crippen MR) is 66.8 cm³/mol. The van der Waals surface area contributed by atoms with E-state index in [-0.39, 0.29) is 6.10 Å². The Morgan fingerprint density at radius 3 is 2.62 bits per heavy atom. The van der Waals surface area contributed by atoms with Gasteiger partial charge in [0.15, 0.2) is 0 Å². The van der Waals surface area contributed by atoms with Gasteiger partial charge in [-0.25, -0.2) is 0 Å². The Bertz CT molecular complexity index is 325. The smallest absolute Gasteiger partial charge is 0.0693 e. The fourth-order valence-electron chi connectivity index (χ4n) is 2.23. The third-order valence-electron chi connectivity index (χ3n) is 3.21. The lowest BCUT2D eigenvalue weighted by Crippen LogP contribution is -2.36. The first kappa shape index (κ1) is 11.9. The zero-order chi connectivity index (χ0) is 11.4. The zero-order valence-electron chi connectivity index (χ0n) is 9.32. The molecule has 2 nitrogen and oxygen atoms in total. The highest BCUT2D eigenvalue weighted by Crippen LogP contribution is 2.18. The summed E-state index contributed by atoms with van der Waals surface area (Å²) in [5.41, 5.74) is 1.28. The Labute approximate surface area is 102 Å². The second-order valence-electron chi connectivity index (χ2n) is 4.44. The number of aliphatic hydroxyl groups excluding tert-OH is 1. The molecule has 1 fully saturated rings. The number of halogens is 1. The van der Waals surface area contributed by atoms with E-state index in [0.29, 0.717) is 6.04 Å². The molecule has 2 unspecified atom stereocenters. The fraction of sp³-hybridized carbons (Fsp3) is 0.538. The van der Waals surface area contributed by atoms with E-state index in [1.807, 2.05) is 12.1 Å². The van der Waals surface area contributed by atoms with Gasteiger partial charge in [0.25, 0.3) is 0 Å². The maximum absolute atomic E-state index is 9.64. The minimum atomic E-state index is -0.148. The second kappa shape index (κ2) is 5.67. The topological polar surface area (TPSA) is 32.3 Å². The van der Waals surface area contributed by atoms with E-state index in [1.165, 1.54) is 5.56 Å². The molecule has 3 heteroatoms. The molecule has 1 aromatic rings. The summed E-state index contributed by atoms with van der Waals surface area (Å²) in [5.74, 6) is 0. The van der Waals surface area contributed by atoms with Crippen molar-refractivity contribution in [2.24, 2.45) is 0 Å². The van der Waals surface area contributed by atoms with Gasteiger partial charge in [0.05, 0.1) is 6.10 Å². The summed E-state index contributed by atoms with van der Waals surface area (Å²) in [4.78, 5) is 0. The van der Waals surface area contributed by atoms with Crippen LogP contribution < -0.4 is 5.32 Å². The van der Waals surface area contributed by atoms with Gasteiger partial charge in [0.2, 0.25) is 0 Å². The molecule has 0 spiro atoms. The van der Waals surface area contributed by atoms with E-state index in [4.69, 9.17) is 11.6 Å². The van der Waals surface area contributed by atoms with E-state index in [2.05, 4.69) is 17.4 Å². The molecule has 0 radical (unpaired) electrons. The Hall–Kier alpha value is -0.570. The van der Waals surface area contributed by atoms with Gasteiger partial charge in [-0.1, -0.05) is 23.7 Å². The van der Waals surface area contributed by atoms with Crippen molar-refractivity contribution in [2.45, 2.75) is 37.8 Å². The average Bonchev–Trinajstić information content (AvgIpc) is 2.68. The molecule has 16 heavy (non-hydrogen) atoms. The van der Waals surface area contributed by atoms with Crippen molar-refractivity contribution in [3.63, 3.8) is 0 Å². The minimum absolute atomic E-state index is 0.148. The van der Waals surface area contributed by atoms with E-state index >= 15 is 0 Å². The Morgan fingerprint density at radius 1 is 1.25 bits per heavy atom. The van der Waals surface area contributed by atoms with Crippen molar-refractivity contribution in [1.29, 1.82) is 0 Å². The molecule has 0 amide bonds. The fourth-order valence-corrected chi connectivity index (χ4v) is 2.36. The van der Waals surface area contributed by atoms with Crippen LogP contribution in [0, 0.1) is 0 Å². The van der Waals surface area contributed by atoms with Crippen LogP contribution >= 0.6 is 11.6 Å². The molecule has 0 aliphatic heterocycles. The SMILES string of the molecule is OC1CCCC1NCCc1ccc(Cl)cc1. The lowest BCUT2D eigenvalue weighted by Gasteiger charge is -2.16. The summed E-state index contributed by atoms with van der Waals surface area (Å²) in [6.07, 6.45) is 4.02. The van der Waals surface area contributed by atoms with E-state index in [0.717, 1.165) is 37.3 Å². The van der Waals surface area contributed by atoms with Gasteiger partial charge in [0, 0.05) is 11.1 Å². The molecular weight excluding hydrogens is 222 g/mol. The standard InChI is InChI=1S/C13H18ClNO/c14-11-6-4-10(5-7-11)8-9-15-12-2-1-3-13(12)16/h4-7,12-13,15-16H,1-3,8-9H2. The van der Waals surface area contributed by atoms with Crippen LogP contribution in [0.1, 0.15) is 24.8 Å². The first-order valence-corrected chi connectivity index (χ1v) is 6.29. The molecule has 1 aromatic carbocycles. The van der Waals surface area contributed by atoms with Crippen LogP contribution in [-0.2, 0) is 6.42 Å². The van der Waals surface area contributed by atoms with Gasteiger partial charge < -0.3 is 10.4 Å². The molecule has 0 aromatic heterocycles. The number of benzene rings is 1. The summed E-state index contributed by atoms with van der Waals surface area (Å²) in [6, 6.07) is 8.24. The lowest BCUT2D eigenvalue weighted by atomic mass is 10.1. The summed E-state index contributed by atoms with van der Waals surface area (Å²) < 4.78 is 0. The van der Waals surface area contributed by atoms with Crippen molar-refractivity contribution >= 4 is 11.6 Å². The first-order valence-electron chi connectivity index (χ1n) is 5.91. The molecule has 0 saturated heterocycles. The molecule has 1 saturated carbocycles. The average molecular weight is 240 g/mol. The third-order valence-corrected chi connectivity index (χ3v) is 3.46. The molecule has 88 valence electrons. The van der Waals surface area contributed by atoms with Crippen LogP contribution in [0.4, 0.5) is 0 Å². The lowest BCUT2D eigenvalue weighted by molar-refractivity contribution is 0.149. The molecule has 1 aliphatic carbocycles. The maximum Gasteiger partial charge on any atom is 0.0693 e. The zero-order valence-corrected chi connectivity index (χ0v) is 10.1. The molecule has 2 rings (SSSR count). The van der Waals surface area contributed by atoms with Crippen molar-refractivity contribution in [3.8, 4) is 0 Å². The normalized spacial score (nSPS) is 24.9. The van der Waals surface area contributed by atoms with Crippen LogP contribution in [0.5, 0.6) is 0 Å². The number of nitrogens with one attached hydrogen (secondary N) is 1. The van der Waals surface area contributed by atoms with Gasteiger partial charge >= 0.3 is 0 Å². The van der Waals surface area contributed by atoms with Gasteiger partial charge in [-0.05, 0) is 49.9 Å². The number of hydrogen-bond acceptors (Lipinski definition) is 2. The summed E-state index contributed by atoms with van der Waals surface area (Å²) in [7, 11) is 0. The van der Waals surface area contributed by atoms with Crippen molar-refractivity contribution in [1.82, 2.24) is 5.32 Å². The number of rotatable bonds is 4. The molecule has 1 aliphatic rings. The van der Waals surface area contributed by atoms with Crippen molar-refractivity contribution < 1.29 is 5.11 Å². The Morgan fingerprint density at radius 2 is 2.00 bits per heavy atom. The second-order valence-corrected chi connectivity index (χ2v) is 4.87. The molecule has 0 heterocycles. The van der Waals surface area contributed by atoms with E-state index in [9.17, 15) is 5.11 Å². The van der Waals surface area contributed by atoms with E-state index < -0.39 is 0 Å². The van der Waals surface area contributed by atoms with E-state index in [1.54, 1.807) is 0 Å². The Balaban J connectivity index is 1.73. The summed E-state index contributed by atoms with van der Waals surface area (Å²) in [5, 5.41) is 13.8. The number of hydrogen-bond donors (Lipinski definition) is 2. The summed E-state index contributed by atoms with van der Waals surface area (Å²) in [6.45, 7) is 0.920. The van der Waals surface area contributed by atoms with Gasteiger partial charge in [0.1, 0.15) is 0 Å². The van der Waals surface area contributed by atoms with Crippen LogP contribution in [0.25, 0.3) is 0 Å². The van der Waals surface area contributed by atoms with Crippen molar-refractivity contribution in [3.05, 3.63) is 34.9 Å². The van der Waals surface area contributed by atoms with Crippen LogP contribution in [0.3, 0.4) is 0 Å².